The summed E-state index contributed by atoms with van der Waals surface area (Å²) in [6.07, 6.45) is 42.3. The second-order valence-corrected chi connectivity index (χ2v) is 44.3. The second kappa shape index (κ2) is 32.9. The molecule has 4 aromatic rings. The third-order valence-electron chi connectivity index (χ3n) is 39.2. The topological polar surface area (TPSA) is 248 Å². The van der Waals surface area contributed by atoms with Crippen molar-refractivity contribution in [3.8, 4) is 0 Å². The molecule has 0 aliphatic heterocycles. The number of aromatic nitrogens is 6. The van der Waals surface area contributed by atoms with E-state index in [0.717, 1.165) is 210 Å². The zero-order chi connectivity index (χ0) is 82.9. The molecule has 0 aromatic carbocycles. The van der Waals surface area contributed by atoms with E-state index in [1.54, 1.807) is 43.8 Å². The van der Waals surface area contributed by atoms with Gasteiger partial charge in [-0.3, -0.25) is 19.2 Å². The predicted octanol–water partition coefficient (Wildman–Crippen LogP) is 20.2. The molecule has 16 aliphatic carbocycles. The molecule has 4 heterocycles. The molecule has 16 saturated carbocycles. The number of carbonyl (C=O) groups is 4. The summed E-state index contributed by atoms with van der Waals surface area (Å²) in [7, 11) is 0. The van der Waals surface area contributed by atoms with Crippen LogP contribution in [0.25, 0.3) is 0 Å². The molecule has 0 radical (unpaired) electrons. The number of halogens is 5. The van der Waals surface area contributed by atoms with Gasteiger partial charge >= 0.3 is 6.18 Å². The van der Waals surface area contributed by atoms with Crippen LogP contribution in [0.1, 0.15) is 302 Å². The van der Waals surface area contributed by atoms with Gasteiger partial charge in [-0.25, -0.2) is 23.7 Å². The maximum absolute atomic E-state index is 13.4. The van der Waals surface area contributed by atoms with Gasteiger partial charge in [-0.05, 0) is 397 Å². The van der Waals surface area contributed by atoms with Crippen molar-refractivity contribution >= 4 is 23.1 Å². The molecule has 4 aromatic heterocycles. The number of nitrogens with one attached hydrogen (secondary N) is 3. The van der Waals surface area contributed by atoms with Crippen LogP contribution >= 0.6 is 0 Å². The molecular formula is C98H141F5N6O9. The van der Waals surface area contributed by atoms with E-state index in [0.29, 0.717) is 103 Å². The average molecular weight is 1640 g/mol. The van der Waals surface area contributed by atoms with Crippen LogP contribution in [-0.4, -0.2) is 108 Å². The number of hydrogen-bond acceptors (Lipinski definition) is 12. The fourth-order valence-electron chi connectivity index (χ4n) is 33.5. The van der Waals surface area contributed by atoms with Crippen molar-refractivity contribution in [3.63, 3.8) is 0 Å². The molecule has 118 heavy (non-hydrogen) atoms. The van der Waals surface area contributed by atoms with Crippen molar-refractivity contribution in [3.05, 3.63) is 78.8 Å². The number of furan rings is 1. The summed E-state index contributed by atoms with van der Waals surface area (Å²) >= 11 is 0. The number of fused-ring (bicyclic) bond motifs is 20. The SMILES string of the molecule is CC[C@@]1(O)CC[C@H]2[C@@H](CC[C@@H]3[C@@H]2CC[C@]2(C)[C@@H](C(=O)Cc4cnc[nH]4)CC[C@@H]32)C1.C[C@@]1(O)CC[C@H]2[C@@H](CC[C@@H]3[C@@H]2CC[C@]2(C)[C@@H](C(=O)Cc4cnc[nH]4)CC[C@@H]32)C1.C[C@]12CC[C@H]3[C@@H](CC[C@H]4C[C@@](O)(C(F)(F)F)CC[C@@H]43)[C@@H]1CC[C@@H]2C(=O)Cc1cnc[nH]1.C[C@]12CC[C@H]3[C@@H](CC[C@H]4C[C@@](O)(C(F)F)CC[C@@H]43)[C@@H]1CC[C@@H]2C(=O)Cc1ccco1. The summed E-state index contributed by atoms with van der Waals surface area (Å²) in [4.78, 5) is 74.1. The second-order valence-electron chi connectivity index (χ2n) is 44.3. The van der Waals surface area contributed by atoms with E-state index in [-0.39, 0.29) is 82.9 Å². The van der Waals surface area contributed by atoms with E-state index >= 15 is 0 Å². The first kappa shape index (κ1) is 85.3. The van der Waals surface area contributed by atoms with Gasteiger partial charge in [0.25, 0.3) is 6.43 Å². The number of ketones is 4. The van der Waals surface area contributed by atoms with E-state index in [2.05, 4.69) is 64.5 Å². The first-order valence-electron chi connectivity index (χ1n) is 47.5. The molecule has 652 valence electrons. The quantitative estimate of drug-likeness (QED) is 0.0583. The highest BCUT2D eigenvalue weighted by Gasteiger charge is 2.66. The molecule has 0 spiro atoms. The van der Waals surface area contributed by atoms with Crippen molar-refractivity contribution in [2.75, 3.05) is 0 Å². The van der Waals surface area contributed by atoms with Crippen LogP contribution in [0, 0.1) is 164 Å². The molecule has 16 fully saturated rings. The van der Waals surface area contributed by atoms with Crippen molar-refractivity contribution in [1.29, 1.82) is 0 Å². The Morgan fingerprint density at radius 3 is 1.12 bits per heavy atom. The maximum atomic E-state index is 13.4. The highest BCUT2D eigenvalue weighted by atomic mass is 19.4. The molecule has 15 nitrogen and oxygen atoms in total. The molecule has 7 N–H and O–H groups in total. The lowest BCUT2D eigenvalue weighted by molar-refractivity contribution is -0.282. The minimum absolute atomic E-state index is 0.00643. The molecule has 0 bridgehead atoms. The van der Waals surface area contributed by atoms with Crippen LogP contribution < -0.4 is 0 Å². The lowest BCUT2D eigenvalue weighted by Gasteiger charge is -2.57. The van der Waals surface area contributed by atoms with Crippen molar-refractivity contribution in [2.24, 2.45) is 164 Å². The predicted molar refractivity (Wildman–Crippen MR) is 440 cm³/mol. The van der Waals surface area contributed by atoms with E-state index in [4.69, 9.17) is 4.42 Å². The van der Waals surface area contributed by atoms with Crippen LogP contribution in [0.4, 0.5) is 22.0 Å². The number of H-pyrrole nitrogens is 3. The molecule has 20 rings (SSSR count). The smallest absolute Gasteiger partial charge is 0.417 e. The Hall–Kier alpha value is -4.92. The fourth-order valence-corrected chi connectivity index (χ4v) is 33.5. The van der Waals surface area contributed by atoms with Gasteiger partial charge in [0.05, 0.1) is 42.9 Å². The number of carbonyl (C=O) groups excluding carboxylic acids is 4. The molecule has 0 amide bonds. The Labute approximate surface area is 697 Å². The monoisotopic (exact) mass is 1640 g/mol. The summed E-state index contributed by atoms with van der Waals surface area (Å²) in [6, 6.07) is 3.72. The zero-order valence-corrected chi connectivity index (χ0v) is 71.7. The number of Topliss-reactive ketones (excluding diaryl/α,β-unsaturated/α-hetero) is 4. The van der Waals surface area contributed by atoms with Crippen LogP contribution in [0.2, 0.25) is 0 Å². The van der Waals surface area contributed by atoms with Crippen LogP contribution in [0.5, 0.6) is 0 Å². The Balaban J connectivity index is 0.000000113. The number of aromatic amines is 3. The van der Waals surface area contributed by atoms with Gasteiger partial charge in [0, 0.05) is 78.6 Å². The van der Waals surface area contributed by atoms with E-state index in [1.165, 1.54) is 77.0 Å². The van der Waals surface area contributed by atoms with Crippen LogP contribution in [-0.2, 0) is 44.9 Å². The standard InChI is InChI=1S/C25H34F2O3.C25H38N2O2.C24H33F3N2O2.C24H36N2O2/c1-24-10-8-18-17-9-11-25(29,23(26)27)14-15(17)4-5-19(18)20(24)6-7-21(24)22(28)13-16-3-2-12-30-16;1-3-25(29)11-9-18-16(13-25)4-5-20-19(18)8-10-24(2)21(20)6-7-22(24)23(28)12-17-14-26-15-27-17;1-22-8-6-17-16-7-9-23(31,24(25,26)27)11-14(16)2-3-18(17)19(22)4-5-20(22)21(30)10-15-12-28-13-29-15;1-23(28)9-7-17-15(12-23)3-4-19-18(17)8-10-24(2)20(19)5-6-21(24)22(27)11-16-13-25-14-26-16/h2-3,12,15,17-21,23,29H,4-11,13-14H2,1H3;14-16,18-22,29H,3-13H2,1-2H3,(H,26,27);12-14,16-20,31H,2-11H2,1H3,(H,28,29);13-15,17-21,28H,3-12H2,1-2H3,(H,25,26)/t15-,17-,18+,19+,20-,21+,24-,25+;16-,18-,19+,20+,21-,22+,24-,25+;14-,16-,17+,18+,19-,20+,22-,23+;15-,17-,18+,19+,20-,21+,23+,24-/m0000/s1. The number of hydrogen-bond donors (Lipinski definition) is 7. The van der Waals surface area contributed by atoms with E-state index in [1.807, 2.05) is 19.1 Å². The Bertz CT molecular complexity index is 4120. The summed E-state index contributed by atoms with van der Waals surface area (Å²) in [6.45, 7) is 13.7. The van der Waals surface area contributed by atoms with Crippen LogP contribution in [0.3, 0.4) is 0 Å². The molecule has 0 saturated heterocycles. The lowest BCUT2D eigenvalue weighted by Crippen LogP contribution is -2.55. The van der Waals surface area contributed by atoms with Gasteiger partial charge in [-0.2, -0.15) is 13.2 Å². The van der Waals surface area contributed by atoms with Crippen molar-refractivity contribution < 1.29 is 66.0 Å². The van der Waals surface area contributed by atoms with Gasteiger partial charge in [0.15, 0.2) is 5.60 Å². The minimum Gasteiger partial charge on any atom is -0.469 e. The summed E-state index contributed by atoms with van der Waals surface area (Å²) in [5.41, 5.74) is -1.84. The third-order valence-corrected chi connectivity index (χ3v) is 39.2. The lowest BCUT2D eigenvalue weighted by atomic mass is 9.48. The van der Waals surface area contributed by atoms with Gasteiger partial charge in [0.1, 0.15) is 34.5 Å². The fraction of sp³-hybridized carbons (Fsp3) is 0.827. The number of alkyl halides is 5. The summed E-state index contributed by atoms with van der Waals surface area (Å²) < 4.78 is 72.4. The number of rotatable bonds is 14. The number of nitrogens with zero attached hydrogens (tertiary/aromatic N) is 3. The van der Waals surface area contributed by atoms with Crippen molar-refractivity contribution in [2.45, 2.75) is 340 Å². The summed E-state index contributed by atoms with van der Waals surface area (Å²) in [5, 5.41) is 42.1. The Morgan fingerprint density at radius 1 is 0.415 bits per heavy atom. The Morgan fingerprint density at radius 2 is 0.763 bits per heavy atom. The first-order chi connectivity index (χ1) is 56.2. The molecule has 20 heteroatoms. The molecular weight excluding hydrogens is 1500 g/mol. The van der Waals surface area contributed by atoms with Gasteiger partial charge in [0.2, 0.25) is 0 Å². The number of aliphatic hydroxyl groups is 4. The molecule has 16 aliphatic rings. The van der Waals surface area contributed by atoms with Gasteiger partial charge in [-0.1, -0.05) is 34.6 Å². The van der Waals surface area contributed by atoms with Crippen LogP contribution in [0.15, 0.2) is 60.4 Å². The van der Waals surface area contributed by atoms with E-state index in [9.17, 15) is 61.6 Å². The highest BCUT2D eigenvalue weighted by molar-refractivity contribution is 5.86. The van der Waals surface area contributed by atoms with E-state index < -0.39 is 35.0 Å². The normalized spacial score (nSPS) is 46.2. The van der Waals surface area contributed by atoms with Gasteiger partial charge in [-0.15, -0.1) is 0 Å². The number of imidazole rings is 3. The minimum atomic E-state index is -4.53. The third kappa shape index (κ3) is 15.7. The largest absolute Gasteiger partial charge is 0.469 e. The highest BCUT2D eigenvalue weighted by Crippen LogP contribution is 2.71. The molecule has 0 unspecified atom stereocenters. The molecule has 32 atom stereocenters. The first-order valence-corrected chi connectivity index (χ1v) is 47.5. The Kier molecular flexibility index (Phi) is 23.8. The maximum Gasteiger partial charge on any atom is 0.417 e. The zero-order valence-electron chi connectivity index (χ0n) is 71.7. The van der Waals surface area contributed by atoms with Gasteiger partial charge < -0.3 is 39.8 Å². The average Bonchev–Trinajstić information content (AvgIpc) is 1.55. The summed E-state index contributed by atoms with van der Waals surface area (Å²) in [5.74, 6) is 15.0. The van der Waals surface area contributed by atoms with Crippen molar-refractivity contribution in [1.82, 2.24) is 29.9 Å².